The number of aliphatic hydroxyl groups is 3. The lowest BCUT2D eigenvalue weighted by molar-refractivity contribution is -0.147. The minimum atomic E-state index is -2.70. The summed E-state index contributed by atoms with van der Waals surface area (Å²) in [6.07, 6.45) is 4.62. The summed E-state index contributed by atoms with van der Waals surface area (Å²) < 4.78 is 34.1. The van der Waals surface area contributed by atoms with Gasteiger partial charge in [0, 0.05) is 17.5 Å². The number of nitrogens with two attached hydrogens (primary N) is 1. The smallest absolute Gasteiger partial charge is 0.306 e. The highest BCUT2D eigenvalue weighted by molar-refractivity contribution is 5.70. The minimum absolute atomic E-state index is 0.0170. The summed E-state index contributed by atoms with van der Waals surface area (Å²) in [5, 5.41) is 31.2. The number of allylic oxidation sites excluding steroid dienone is 2. The number of esters is 1. The van der Waals surface area contributed by atoms with Crippen LogP contribution in [0.2, 0.25) is 0 Å². The van der Waals surface area contributed by atoms with Crippen LogP contribution in [0.25, 0.3) is 0 Å². The molecule has 1 aliphatic carbocycles. The molecule has 0 saturated heterocycles. The first-order valence-electron chi connectivity index (χ1n) is 14.3. The van der Waals surface area contributed by atoms with Gasteiger partial charge in [0.05, 0.1) is 25.8 Å². The fourth-order valence-electron chi connectivity index (χ4n) is 4.37. The summed E-state index contributed by atoms with van der Waals surface area (Å²) in [4.78, 5) is 21.0. The normalized spacial score (nSPS) is 26.3. The van der Waals surface area contributed by atoms with Crippen LogP contribution >= 0.6 is 0 Å². The molecule has 0 heterocycles. The van der Waals surface area contributed by atoms with Crippen LogP contribution < -0.4 is 5.73 Å². The molecule has 198 valence electrons. The Kier molecular flexibility index (Phi) is 12.1. The molecule has 7 heteroatoms. The van der Waals surface area contributed by atoms with E-state index in [4.69, 9.17) is 10.2 Å². The van der Waals surface area contributed by atoms with Crippen molar-refractivity contribution >= 4 is 11.9 Å². The quantitative estimate of drug-likeness (QED) is 0.188. The van der Waals surface area contributed by atoms with Crippen molar-refractivity contribution in [3.8, 4) is 0 Å². The highest BCUT2D eigenvalue weighted by Crippen LogP contribution is 2.38. The van der Waals surface area contributed by atoms with Gasteiger partial charge >= 0.3 is 5.97 Å². The number of hydrogen-bond acceptors (Lipinski definition) is 6. The molecule has 1 aliphatic rings. The molecule has 35 heavy (non-hydrogen) atoms. The number of benzene rings is 1. The van der Waals surface area contributed by atoms with Gasteiger partial charge in [-0.25, -0.2) is 0 Å². The molecule has 1 saturated carbocycles. The molecule has 0 radical (unpaired) electrons. The molecule has 1 aromatic carbocycles. The van der Waals surface area contributed by atoms with Crippen molar-refractivity contribution in [2.75, 3.05) is 0 Å². The van der Waals surface area contributed by atoms with Gasteiger partial charge in [-0.3, -0.25) is 9.59 Å². The standard InChI is InChI=1S/C26H40O5.C2H5NO/c1-19(2)31-26(30)13-9-4-3-8-12-22-23(25(29)18-24(22)28)17-16-21(27)15-14-20-10-6-5-7-11-20;1-2(3)4/h3,5-8,10-11,19,21-25,27-29H,4,9,12-18H2,1-2H3;1H3,(H2,3,4)/b8-3-;/t21-,22+,23+,24-,25+;/m0./s1/i1D3,19D;/t19?,21-,22+,23+,24-,25+;. The third-order valence-electron chi connectivity index (χ3n) is 6.06. The van der Waals surface area contributed by atoms with Crippen LogP contribution in [-0.4, -0.2) is 51.6 Å². The molecule has 5 N–H and O–H groups in total. The predicted molar refractivity (Wildman–Crippen MR) is 137 cm³/mol. The maximum Gasteiger partial charge on any atom is 0.306 e. The van der Waals surface area contributed by atoms with Crippen LogP contribution in [0.4, 0.5) is 0 Å². The van der Waals surface area contributed by atoms with E-state index < -0.39 is 37.2 Å². The molecule has 1 fully saturated rings. The van der Waals surface area contributed by atoms with Gasteiger partial charge in [-0.2, -0.15) is 0 Å². The van der Waals surface area contributed by atoms with E-state index in [1.165, 1.54) is 12.5 Å². The van der Waals surface area contributed by atoms with Gasteiger partial charge in [-0.05, 0) is 82.5 Å². The molecule has 1 amide bonds. The van der Waals surface area contributed by atoms with Crippen LogP contribution in [0.3, 0.4) is 0 Å². The molecule has 6 atom stereocenters. The third kappa shape index (κ3) is 14.1. The number of aliphatic hydroxyl groups excluding tert-OH is 3. The summed E-state index contributed by atoms with van der Waals surface area (Å²) in [7, 11) is 0. The molecule has 0 bridgehead atoms. The van der Waals surface area contributed by atoms with Crippen molar-refractivity contribution in [1.29, 1.82) is 0 Å². The number of unbranched alkanes of at least 4 members (excludes halogenated alkanes) is 1. The van der Waals surface area contributed by atoms with Crippen molar-refractivity contribution in [2.45, 2.75) is 103 Å². The van der Waals surface area contributed by atoms with Crippen molar-refractivity contribution < 1.29 is 35.1 Å². The molecule has 2 rings (SSSR count). The zero-order valence-corrected chi connectivity index (χ0v) is 20.9. The van der Waals surface area contributed by atoms with Gasteiger partial charge in [-0.15, -0.1) is 0 Å². The Balaban J connectivity index is 0.00000177. The van der Waals surface area contributed by atoms with Crippen LogP contribution in [0.5, 0.6) is 0 Å². The van der Waals surface area contributed by atoms with E-state index in [0.29, 0.717) is 44.9 Å². The molecular weight excluding hydrogens is 446 g/mol. The van der Waals surface area contributed by atoms with Crippen LogP contribution in [-0.2, 0) is 20.7 Å². The highest BCUT2D eigenvalue weighted by Gasteiger charge is 2.40. The molecular formula is C28H45NO6. The fraction of sp³-hybridized carbons (Fsp3) is 0.643. The van der Waals surface area contributed by atoms with Crippen molar-refractivity contribution in [1.82, 2.24) is 0 Å². The minimum Gasteiger partial charge on any atom is -0.463 e. The molecule has 0 aliphatic heterocycles. The van der Waals surface area contributed by atoms with E-state index in [1.54, 1.807) is 0 Å². The van der Waals surface area contributed by atoms with Crippen molar-refractivity contribution in [3.63, 3.8) is 0 Å². The van der Waals surface area contributed by atoms with Gasteiger partial charge in [0.2, 0.25) is 5.91 Å². The van der Waals surface area contributed by atoms with Crippen molar-refractivity contribution in [2.24, 2.45) is 17.6 Å². The number of ether oxygens (including phenoxy) is 1. The first kappa shape index (κ1) is 24.5. The zero-order chi connectivity index (χ0) is 29.6. The lowest BCUT2D eigenvalue weighted by atomic mass is 9.85. The summed E-state index contributed by atoms with van der Waals surface area (Å²) in [6, 6.07) is 10.0. The molecule has 0 spiro atoms. The van der Waals surface area contributed by atoms with E-state index >= 15 is 0 Å². The maximum atomic E-state index is 11.8. The Labute approximate surface area is 216 Å². The first-order chi connectivity index (χ1) is 18.1. The molecule has 7 nitrogen and oxygen atoms in total. The SMILES string of the molecule is CC(N)=O.[2H]C([2H])([2H])C([2H])(C)OC(=O)CCC/C=C\C[C@@H]1[C@@H](CC[C@@H](O)CCc2ccccc2)[C@H](O)C[C@@H]1O. The van der Waals surface area contributed by atoms with Crippen molar-refractivity contribution in [3.05, 3.63) is 48.0 Å². The molecule has 1 aromatic rings. The van der Waals surface area contributed by atoms with E-state index in [1.807, 2.05) is 42.5 Å². The first-order valence-corrected chi connectivity index (χ1v) is 12.3. The Hall–Kier alpha value is -2.22. The predicted octanol–water partition coefficient (Wildman–Crippen LogP) is 3.68. The average molecular weight is 496 g/mol. The van der Waals surface area contributed by atoms with E-state index in [9.17, 15) is 24.9 Å². The van der Waals surface area contributed by atoms with Crippen LogP contribution in [0, 0.1) is 11.8 Å². The summed E-state index contributed by atoms with van der Waals surface area (Å²) in [5.41, 5.74) is 5.66. The number of carbonyl (C=O) groups excluding carboxylic acids is 2. The number of hydrogen-bond donors (Lipinski definition) is 4. The number of rotatable bonds is 13. The van der Waals surface area contributed by atoms with Crippen LogP contribution in [0.1, 0.15) is 83.1 Å². The average Bonchev–Trinajstić information content (AvgIpc) is 3.09. The second-order valence-corrected chi connectivity index (χ2v) is 9.19. The highest BCUT2D eigenvalue weighted by atomic mass is 16.5. The van der Waals surface area contributed by atoms with E-state index in [2.05, 4.69) is 5.73 Å². The topological polar surface area (TPSA) is 130 Å². The molecule has 1 unspecified atom stereocenters. The lowest BCUT2D eigenvalue weighted by Crippen LogP contribution is -2.23. The fourth-order valence-corrected chi connectivity index (χ4v) is 4.37. The summed E-state index contributed by atoms with van der Waals surface area (Å²) in [6.45, 7) is -0.346. The van der Waals surface area contributed by atoms with Gasteiger partial charge in [0.15, 0.2) is 0 Å². The van der Waals surface area contributed by atoms with Gasteiger partial charge in [-0.1, -0.05) is 42.5 Å². The maximum absolute atomic E-state index is 11.8. The Morgan fingerprint density at radius 2 is 1.86 bits per heavy atom. The summed E-state index contributed by atoms with van der Waals surface area (Å²) >= 11 is 0. The second-order valence-electron chi connectivity index (χ2n) is 9.19. The Morgan fingerprint density at radius 3 is 2.51 bits per heavy atom. The van der Waals surface area contributed by atoms with Gasteiger partial charge in [0.1, 0.15) is 0 Å². The van der Waals surface area contributed by atoms with E-state index in [-0.39, 0.29) is 24.2 Å². The van der Waals surface area contributed by atoms with E-state index in [0.717, 1.165) is 13.3 Å². The number of aryl methyl sites for hydroxylation is 1. The van der Waals surface area contributed by atoms with Gasteiger partial charge in [0.25, 0.3) is 0 Å². The van der Waals surface area contributed by atoms with Gasteiger partial charge < -0.3 is 25.8 Å². The monoisotopic (exact) mass is 495 g/mol. The van der Waals surface area contributed by atoms with Crippen LogP contribution in [0.15, 0.2) is 42.5 Å². The third-order valence-corrected chi connectivity index (χ3v) is 6.06. The number of primary amides is 1. The largest absolute Gasteiger partial charge is 0.463 e. The summed E-state index contributed by atoms with van der Waals surface area (Å²) in [5.74, 6) is -1.21. The lowest BCUT2D eigenvalue weighted by Gasteiger charge is -2.23. The second kappa shape index (κ2) is 17.2. The number of amides is 1. The number of carbonyl (C=O) groups is 2. The Morgan fingerprint density at radius 1 is 1.20 bits per heavy atom. The molecule has 0 aromatic heterocycles. The Bertz CT molecular complexity index is 890. The zero-order valence-electron chi connectivity index (χ0n) is 24.9.